The molecular formula is C15H21N. The van der Waals surface area contributed by atoms with E-state index in [2.05, 4.69) is 45.1 Å². The first kappa shape index (κ1) is 12.8. The third-order valence-corrected chi connectivity index (χ3v) is 3.43. The molecule has 0 bridgehead atoms. The molecule has 0 amide bonds. The summed E-state index contributed by atoms with van der Waals surface area (Å²) in [6, 6.07) is 2.06. The molecule has 0 aromatic carbocycles. The Kier molecular flexibility index (Phi) is 4.12. The van der Waals surface area contributed by atoms with Crippen LogP contribution < -0.4 is 0 Å². The molecule has 0 aromatic rings. The lowest BCUT2D eigenvalue weighted by Gasteiger charge is -2.36. The van der Waals surface area contributed by atoms with E-state index in [0.717, 1.165) is 5.57 Å². The molecular weight excluding hydrogens is 194 g/mol. The Labute approximate surface area is 99.2 Å². The molecule has 1 aliphatic carbocycles. The van der Waals surface area contributed by atoms with E-state index in [1.165, 1.54) is 18.4 Å². The van der Waals surface area contributed by atoms with Crippen LogP contribution in [0.4, 0.5) is 0 Å². The number of nitrogens with zero attached hydrogens (tertiary/aromatic N) is 1. The van der Waals surface area contributed by atoms with Gasteiger partial charge in [0, 0.05) is 12.0 Å². The van der Waals surface area contributed by atoms with Gasteiger partial charge in [-0.15, -0.1) is 0 Å². The second kappa shape index (κ2) is 5.16. The summed E-state index contributed by atoms with van der Waals surface area (Å²) < 4.78 is 0. The summed E-state index contributed by atoms with van der Waals surface area (Å²) in [4.78, 5) is 0. The van der Waals surface area contributed by atoms with Gasteiger partial charge in [-0.2, -0.15) is 5.26 Å². The molecule has 0 N–H and O–H groups in total. The predicted molar refractivity (Wildman–Crippen MR) is 68.8 cm³/mol. The van der Waals surface area contributed by atoms with Gasteiger partial charge in [0.05, 0.1) is 6.07 Å². The van der Waals surface area contributed by atoms with Crippen molar-refractivity contribution in [1.82, 2.24) is 0 Å². The monoisotopic (exact) mass is 215 g/mol. The Balaban J connectivity index is 2.86. The number of rotatable bonds is 2. The van der Waals surface area contributed by atoms with E-state index in [0.29, 0.717) is 11.3 Å². The summed E-state index contributed by atoms with van der Waals surface area (Å²) in [5.74, 6) is 0.503. The van der Waals surface area contributed by atoms with Gasteiger partial charge < -0.3 is 0 Å². The molecule has 86 valence electrons. The van der Waals surface area contributed by atoms with E-state index < -0.39 is 0 Å². The summed E-state index contributed by atoms with van der Waals surface area (Å²) in [7, 11) is 0. The zero-order valence-electron chi connectivity index (χ0n) is 10.7. The van der Waals surface area contributed by atoms with Crippen LogP contribution in [-0.4, -0.2) is 0 Å². The third kappa shape index (κ3) is 3.10. The molecule has 1 atom stereocenters. The van der Waals surface area contributed by atoms with E-state index in [-0.39, 0.29) is 0 Å². The van der Waals surface area contributed by atoms with Gasteiger partial charge in [-0.3, -0.25) is 0 Å². The van der Waals surface area contributed by atoms with Gasteiger partial charge in [0.15, 0.2) is 0 Å². The largest absolute Gasteiger partial charge is 0.193 e. The molecule has 1 rings (SSSR count). The van der Waals surface area contributed by atoms with Crippen LogP contribution in [0.1, 0.15) is 40.5 Å². The number of allylic oxidation sites excluding steroid dienone is 6. The van der Waals surface area contributed by atoms with E-state index in [1.54, 1.807) is 6.08 Å². The standard InChI is InChI=1S/C15H21N/c1-12(9-11-16)7-8-14-13(2)6-5-10-15(14,3)4/h6-9,14H,5,10H2,1-4H3/b8-7+,12-9+. The van der Waals surface area contributed by atoms with E-state index in [1.807, 2.05) is 6.92 Å². The first-order chi connectivity index (χ1) is 7.47. The minimum atomic E-state index is 0.336. The fraction of sp³-hybridized carbons (Fsp3) is 0.533. The molecule has 1 aliphatic rings. The maximum Gasteiger partial charge on any atom is 0.0914 e. The van der Waals surface area contributed by atoms with E-state index >= 15 is 0 Å². The molecule has 0 radical (unpaired) electrons. The lowest BCUT2D eigenvalue weighted by Crippen LogP contribution is -2.26. The van der Waals surface area contributed by atoms with Crippen molar-refractivity contribution in [2.75, 3.05) is 0 Å². The Morgan fingerprint density at radius 2 is 2.25 bits per heavy atom. The van der Waals surface area contributed by atoms with Gasteiger partial charge in [0.2, 0.25) is 0 Å². The second-order valence-corrected chi connectivity index (χ2v) is 5.33. The minimum absolute atomic E-state index is 0.336. The maximum absolute atomic E-state index is 8.56. The highest BCUT2D eigenvalue weighted by atomic mass is 14.3. The van der Waals surface area contributed by atoms with Crippen molar-refractivity contribution >= 4 is 0 Å². The van der Waals surface area contributed by atoms with Crippen LogP contribution in [0.25, 0.3) is 0 Å². The molecule has 1 heteroatoms. The maximum atomic E-state index is 8.56. The van der Waals surface area contributed by atoms with Crippen LogP contribution in [0.3, 0.4) is 0 Å². The van der Waals surface area contributed by atoms with Crippen LogP contribution in [0, 0.1) is 22.7 Å². The lowest BCUT2D eigenvalue weighted by molar-refractivity contribution is 0.255. The molecule has 1 unspecified atom stereocenters. The van der Waals surface area contributed by atoms with E-state index in [4.69, 9.17) is 5.26 Å². The van der Waals surface area contributed by atoms with Crippen LogP contribution in [0.15, 0.2) is 35.5 Å². The average Bonchev–Trinajstić information content (AvgIpc) is 2.16. The van der Waals surface area contributed by atoms with Gasteiger partial charge >= 0.3 is 0 Å². The zero-order valence-corrected chi connectivity index (χ0v) is 10.7. The van der Waals surface area contributed by atoms with Gasteiger partial charge in [-0.05, 0) is 37.7 Å². The summed E-state index contributed by atoms with van der Waals surface area (Å²) in [5.41, 5.74) is 2.82. The molecule has 0 spiro atoms. The number of hydrogen-bond acceptors (Lipinski definition) is 1. The predicted octanol–water partition coefficient (Wildman–Crippen LogP) is 4.39. The molecule has 0 saturated heterocycles. The quantitative estimate of drug-likeness (QED) is 0.380. The zero-order chi connectivity index (χ0) is 12.2. The molecule has 1 nitrogen and oxygen atoms in total. The van der Waals surface area contributed by atoms with E-state index in [9.17, 15) is 0 Å². The van der Waals surface area contributed by atoms with Gasteiger partial charge in [-0.25, -0.2) is 0 Å². The second-order valence-electron chi connectivity index (χ2n) is 5.33. The van der Waals surface area contributed by atoms with Crippen LogP contribution in [-0.2, 0) is 0 Å². The smallest absolute Gasteiger partial charge is 0.0914 e. The normalized spacial score (nSPS) is 25.3. The Bertz CT molecular complexity index is 375. The topological polar surface area (TPSA) is 23.8 Å². The lowest BCUT2D eigenvalue weighted by atomic mass is 9.68. The van der Waals surface area contributed by atoms with Crippen molar-refractivity contribution in [2.45, 2.75) is 40.5 Å². The molecule has 0 heterocycles. The molecule has 0 saturated carbocycles. The van der Waals surface area contributed by atoms with Crippen molar-refractivity contribution in [3.05, 3.63) is 35.5 Å². The summed E-state index contributed by atoms with van der Waals surface area (Å²) >= 11 is 0. The molecule has 16 heavy (non-hydrogen) atoms. The number of nitriles is 1. The summed E-state index contributed by atoms with van der Waals surface area (Å²) in [5, 5.41) is 8.56. The van der Waals surface area contributed by atoms with Crippen molar-refractivity contribution in [2.24, 2.45) is 11.3 Å². The van der Waals surface area contributed by atoms with Crippen molar-refractivity contribution < 1.29 is 0 Å². The Morgan fingerprint density at radius 3 is 2.81 bits per heavy atom. The SMILES string of the molecule is CC1=CCCC(C)(C)C1/C=C/C(C)=C/C#N. The first-order valence-corrected chi connectivity index (χ1v) is 5.88. The van der Waals surface area contributed by atoms with Crippen molar-refractivity contribution in [3.63, 3.8) is 0 Å². The molecule has 0 fully saturated rings. The van der Waals surface area contributed by atoms with Crippen LogP contribution >= 0.6 is 0 Å². The van der Waals surface area contributed by atoms with Crippen molar-refractivity contribution in [3.8, 4) is 6.07 Å². The van der Waals surface area contributed by atoms with Gasteiger partial charge in [0.25, 0.3) is 0 Å². The highest BCUT2D eigenvalue weighted by Crippen LogP contribution is 2.41. The molecule has 0 aliphatic heterocycles. The average molecular weight is 215 g/mol. The van der Waals surface area contributed by atoms with Gasteiger partial charge in [-0.1, -0.05) is 37.6 Å². The summed E-state index contributed by atoms with van der Waals surface area (Å²) in [6.45, 7) is 8.82. The fourth-order valence-corrected chi connectivity index (χ4v) is 2.38. The van der Waals surface area contributed by atoms with Crippen LogP contribution in [0.5, 0.6) is 0 Å². The fourth-order valence-electron chi connectivity index (χ4n) is 2.38. The molecule has 0 aromatic heterocycles. The first-order valence-electron chi connectivity index (χ1n) is 5.88. The minimum Gasteiger partial charge on any atom is -0.193 e. The number of hydrogen-bond donors (Lipinski definition) is 0. The van der Waals surface area contributed by atoms with Crippen LogP contribution in [0.2, 0.25) is 0 Å². The van der Waals surface area contributed by atoms with Crippen molar-refractivity contribution in [1.29, 1.82) is 5.26 Å². The Morgan fingerprint density at radius 1 is 1.56 bits per heavy atom. The van der Waals surface area contributed by atoms with Gasteiger partial charge in [0.1, 0.15) is 0 Å². The third-order valence-electron chi connectivity index (χ3n) is 3.43. The Hall–Kier alpha value is -1.29. The highest BCUT2D eigenvalue weighted by molar-refractivity contribution is 5.27. The highest BCUT2D eigenvalue weighted by Gasteiger charge is 2.30. The summed E-state index contributed by atoms with van der Waals surface area (Å²) in [6.07, 6.45) is 10.7.